The minimum Gasteiger partial charge on any atom is -0.508 e. The summed E-state index contributed by atoms with van der Waals surface area (Å²) in [4.78, 5) is 31.2. The summed E-state index contributed by atoms with van der Waals surface area (Å²) in [6.07, 6.45) is -5.39. The van der Waals surface area contributed by atoms with Gasteiger partial charge < -0.3 is 50.0 Å². The summed E-state index contributed by atoms with van der Waals surface area (Å²) in [5.41, 5.74) is 3.96. The Bertz CT molecular complexity index is 1940. The number of aromatic nitrogens is 2. The fourth-order valence-electron chi connectivity index (χ4n) is 6.21. The minimum absolute atomic E-state index is 0.0141. The number of carbonyl (C=O) groups excluding carboxylic acids is 2. The number of carbonyl (C=O) groups is 2. The van der Waals surface area contributed by atoms with E-state index in [4.69, 9.17) is 4.74 Å². The van der Waals surface area contributed by atoms with Gasteiger partial charge in [-0.15, -0.1) is 0 Å². The molecule has 2 amide bonds. The molecule has 1 saturated heterocycles. The van der Waals surface area contributed by atoms with E-state index in [9.17, 15) is 45.3 Å². The fourth-order valence-corrected chi connectivity index (χ4v) is 6.21. The molecule has 1 fully saturated rings. The molecular formula is C28H26N4O10. The van der Waals surface area contributed by atoms with Crippen LogP contribution in [0.25, 0.3) is 43.6 Å². The Morgan fingerprint density at radius 2 is 1.52 bits per heavy atom. The van der Waals surface area contributed by atoms with Crippen LogP contribution in [0.5, 0.6) is 11.5 Å². The number of fused-ring (bicyclic) bond motifs is 10. The first-order chi connectivity index (χ1) is 20.2. The van der Waals surface area contributed by atoms with Crippen LogP contribution < -0.4 is 5.43 Å². The third-order valence-corrected chi connectivity index (χ3v) is 8.11. The van der Waals surface area contributed by atoms with Crippen LogP contribution in [0.3, 0.4) is 0 Å². The largest absolute Gasteiger partial charge is 0.508 e. The fraction of sp³-hybridized carbons (Fsp3) is 0.286. The number of benzene rings is 3. The Labute approximate surface area is 235 Å². The van der Waals surface area contributed by atoms with Crippen LogP contribution in [0.2, 0.25) is 0 Å². The summed E-state index contributed by atoms with van der Waals surface area (Å²) in [6.45, 7) is -1.71. The SMILES string of the molecule is O=C1c2c(c3c4ccc(O)cc4n([C@@H]4O[C@H](CO)[C@H](O)[C@H]4O)c3c3[nH]c4cc(O)ccc4c23)C(=O)N1NC(CO)CO. The number of hydrogen-bond donors (Lipinski definition) is 9. The van der Waals surface area contributed by atoms with Gasteiger partial charge in [-0.2, -0.15) is 0 Å². The second-order valence-electron chi connectivity index (χ2n) is 10.5. The van der Waals surface area contributed by atoms with E-state index in [-0.39, 0.29) is 28.0 Å². The van der Waals surface area contributed by atoms with Crippen LogP contribution in [-0.4, -0.2) is 106 Å². The third kappa shape index (κ3) is 3.45. The van der Waals surface area contributed by atoms with Crippen molar-refractivity contribution in [2.24, 2.45) is 0 Å². The van der Waals surface area contributed by atoms with Crippen LogP contribution >= 0.6 is 0 Å². The van der Waals surface area contributed by atoms with Gasteiger partial charge in [-0.3, -0.25) is 9.59 Å². The van der Waals surface area contributed by atoms with Crippen LogP contribution in [0.1, 0.15) is 26.9 Å². The first-order valence-corrected chi connectivity index (χ1v) is 13.2. The lowest BCUT2D eigenvalue weighted by atomic mass is 9.96. The van der Waals surface area contributed by atoms with Gasteiger partial charge in [0.25, 0.3) is 11.8 Å². The summed E-state index contributed by atoms with van der Waals surface area (Å²) in [5.74, 6) is -1.71. The first kappa shape index (κ1) is 26.6. The van der Waals surface area contributed by atoms with Crippen molar-refractivity contribution in [3.63, 3.8) is 0 Å². The van der Waals surface area contributed by atoms with E-state index in [1.807, 2.05) is 0 Å². The molecule has 3 aromatic carbocycles. The molecule has 2 aliphatic heterocycles. The molecule has 0 radical (unpaired) electrons. The second-order valence-corrected chi connectivity index (χ2v) is 10.5. The lowest BCUT2D eigenvalue weighted by Crippen LogP contribution is -2.50. The summed E-state index contributed by atoms with van der Waals surface area (Å²) in [5, 5.41) is 73.5. The van der Waals surface area contributed by atoms with Crippen molar-refractivity contribution in [2.45, 2.75) is 30.6 Å². The smallest absolute Gasteiger partial charge is 0.276 e. The summed E-state index contributed by atoms with van der Waals surface area (Å²) in [7, 11) is 0. The van der Waals surface area contributed by atoms with Crippen molar-refractivity contribution >= 4 is 55.4 Å². The molecule has 14 nitrogen and oxygen atoms in total. The average molecular weight is 579 g/mol. The van der Waals surface area contributed by atoms with E-state index in [1.54, 1.807) is 12.1 Å². The Morgan fingerprint density at radius 1 is 0.881 bits per heavy atom. The van der Waals surface area contributed by atoms with Gasteiger partial charge in [-0.25, -0.2) is 10.4 Å². The minimum atomic E-state index is -1.52. The van der Waals surface area contributed by atoms with Gasteiger partial charge in [-0.05, 0) is 24.3 Å². The molecule has 7 rings (SSSR count). The maximum Gasteiger partial charge on any atom is 0.276 e. The number of ether oxygens (including phenoxy) is 1. The zero-order chi connectivity index (χ0) is 29.6. The highest BCUT2D eigenvalue weighted by atomic mass is 16.6. The zero-order valence-electron chi connectivity index (χ0n) is 21.7. The second kappa shape index (κ2) is 9.37. The van der Waals surface area contributed by atoms with E-state index >= 15 is 0 Å². The highest BCUT2D eigenvalue weighted by Gasteiger charge is 2.47. The molecule has 0 saturated carbocycles. The van der Waals surface area contributed by atoms with E-state index in [0.717, 1.165) is 5.01 Å². The van der Waals surface area contributed by atoms with Crippen molar-refractivity contribution in [2.75, 3.05) is 19.8 Å². The average Bonchev–Trinajstić information content (AvgIpc) is 3.66. The Hall–Kier alpha value is -4.28. The van der Waals surface area contributed by atoms with Gasteiger partial charge in [0.1, 0.15) is 29.8 Å². The van der Waals surface area contributed by atoms with Crippen molar-refractivity contribution in [3.8, 4) is 11.5 Å². The molecule has 2 aromatic heterocycles. The molecule has 42 heavy (non-hydrogen) atoms. The Morgan fingerprint density at radius 3 is 2.17 bits per heavy atom. The van der Waals surface area contributed by atoms with Crippen LogP contribution in [0.15, 0.2) is 36.4 Å². The number of H-pyrrole nitrogens is 1. The number of phenolic OH excluding ortho intramolecular Hbond substituents is 2. The number of rotatable bonds is 6. The number of imide groups is 1. The molecule has 0 aliphatic carbocycles. The molecule has 5 aromatic rings. The third-order valence-electron chi connectivity index (χ3n) is 8.11. The van der Waals surface area contributed by atoms with E-state index in [1.165, 1.54) is 28.8 Å². The summed E-state index contributed by atoms with van der Waals surface area (Å²) in [6, 6.07) is 7.77. The number of aromatic amines is 1. The van der Waals surface area contributed by atoms with Gasteiger partial charge in [0.15, 0.2) is 6.23 Å². The van der Waals surface area contributed by atoms with E-state index in [0.29, 0.717) is 38.2 Å². The quantitative estimate of drug-likeness (QED) is 0.121. The van der Waals surface area contributed by atoms with E-state index in [2.05, 4.69) is 10.4 Å². The van der Waals surface area contributed by atoms with Crippen molar-refractivity contribution in [1.29, 1.82) is 0 Å². The topological polar surface area (TPSA) is 221 Å². The van der Waals surface area contributed by atoms with Crippen LogP contribution in [0, 0.1) is 0 Å². The predicted octanol–water partition coefficient (Wildman–Crippen LogP) is -0.0945. The normalized spacial score (nSPS) is 22.7. The molecule has 14 heteroatoms. The van der Waals surface area contributed by atoms with E-state index < -0.39 is 62.2 Å². The van der Waals surface area contributed by atoms with Crippen molar-refractivity contribution in [3.05, 3.63) is 47.5 Å². The Balaban J connectivity index is 1.66. The Kier molecular flexibility index (Phi) is 5.93. The van der Waals surface area contributed by atoms with Gasteiger partial charge >= 0.3 is 0 Å². The zero-order valence-corrected chi connectivity index (χ0v) is 21.7. The number of nitrogens with zero attached hydrogens (tertiary/aromatic N) is 2. The number of aliphatic hydroxyl groups excluding tert-OH is 5. The molecule has 218 valence electrons. The van der Waals surface area contributed by atoms with Gasteiger partial charge in [-0.1, -0.05) is 0 Å². The number of aliphatic hydroxyl groups is 5. The van der Waals surface area contributed by atoms with Gasteiger partial charge in [0.05, 0.1) is 59.1 Å². The number of hydrazine groups is 1. The lowest BCUT2D eigenvalue weighted by Gasteiger charge is -2.20. The van der Waals surface area contributed by atoms with Crippen molar-refractivity contribution in [1.82, 2.24) is 20.0 Å². The standard InChI is InChI=1S/C28H26N4O10/c33-7-10(8-34)30-32-26(40)20-18-13-3-1-11(36)5-15(13)29-22(18)23-19(21(20)27(32)41)14-4-2-12(37)6-16(14)31(23)28-25(39)24(38)17(9-35)42-28/h1-6,10,17,24-25,28-30,33-39H,7-9H2/t17-,24+,25-,28-/m1/s1. The van der Waals surface area contributed by atoms with Crippen molar-refractivity contribution < 1.29 is 50.1 Å². The number of nitrogens with one attached hydrogen (secondary N) is 2. The molecule has 0 bridgehead atoms. The molecule has 2 aliphatic rings. The molecule has 4 heterocycles. The number of amides is 2. The van der Waals surface area contributed by atoms with Gasteiger partial charge in [0.2, 0.25) is 0 Å². The molecule has 9 N–H and O–H groups in total. The first-order valence-electron chi connectivity index (χ1n) is 13.2. The lowest BCUT2D eigenvalue weighted by molar-refractivity contribution is -0.0487. The maximum atomic E-state index is 14.0. The summed E-state index contributed by atoms with van der Waals surface area (Å²) >= 11 is 0. The molecule has 0 spiro atoms. The number of hydrogen-bond acceptors (Lipinski definition) is 11. The van der Waals surface area contributed by atoms with Gasteiger partial charge in [0, 0.05) is 33.7 Å². The highest BCUT2D eigenvalue weighted by Crippen LogP contribution is 2.48. The maximum absolute atomic E-state index is 14.0. The number of aromatic hydroxyl groups is 2. The highest BCUT2D eigenvalue weighted by molar-refractivity contribution is 6.39. The molecular weight excluding hydrogens is 552 g/mol. The predicted molar refractivity (Wildman–Crippen MR) is 147 cm³/mol. The van der Waals surface area contributed by atoms with Crippen LogP contribution in [-0.2, 0) is 4.74 Å². The molecule has 0 unspecified atom stereocenters. The summed E-state index contributed by atoms with van der Waals surface area (Å²) < 4.78 is 7.40. The monoisotopic (exact) mass is 578 g/mol. The number of phenols is 2. The van der Waals surface area contributed by atoms with Crippen LogP contribution in [0.4, 0.5) is 0 Å². The molecule has 4 atom stereocenters.